The van der Waals surface area contributed by atoms with Gasteiger partial charge in [0, 0.05) is 30.0 Å². The first-order valence-corrected chi connectivity index (χ1v) is 10.4. The van der Waals surface area contributed by atoms with E-state index in [1.165, 1.54) is 0 Å². The molecule has 1 aromatic heterocycles. The first-order chi connectivity index (χ1) is 10.9. The molecule has 0 aliphatic rings. The molecule has 0 aliphatic carbocycles. The summed E-state index contributed by atoms with van der Waals surface area (Å²) < 4.78 is 0. The fourth-order valence-electron chi connectivity index (χ4n) is 2.71. The van der Waals surface area contributed by atoms with Crippen molar-refractivity contribution in [2.75, 3.05) is 6.54 Å². The molecule has 1 rings (SSSR count). The van der Waals surface area contributed by atoms with Crippen LogP contribution in [-0.4, -0.2) is 44.8 Å². The molecule has 130 valence electrons. The molecule has 0 saturated heterocycles. The third kappa shape index (κ3) is 8.08. The van der Waals surface area contributed by atoms with Crippen molar-refractivity contribution in [3.05, 3.63) is 24.4 Å². The van der Waals surface area contributed by atoms with E-state index in [2.05, 4.69) is 37.6 Å². The predicted molar refractivity (Wildman–Crippen MR) is 99.9 cm³/mol. The van der Waals surface area contributed by atoms with Crippen molar-refractivity contribution in [2.45, 2.75) is 69.3 Å². The largest absolute Gasteiger partial charge is 0.481 e. The molecule has 2 atom stereocenters. The first-order valence-electron chi connectivity index (χ1n) is 8.15. The number of pyridine rings is 1. The molecule has 23 heavy (non-hydrogen) atoms. The zero-order chi connectivity index (χ0) is 17.2. The Kier molecular flexibility index (Phi) is 9.67. The summed E-state index contributed by atoms with van der Waals surface area (Å²) in [6.45, 7) is 9.86. The lowest BCUT2D eigenvalue weighted by atomic mass is 10.1. The SMILES string of the molecule is CCN(C(C)C)C(C)CC(CCC(=O)O)SSc1ccccn1. The number of carboxylic acid groups (broad SMARTS) is 1. The maximum Gasteiger partial charge on any atom is 0.303 e. The van der Waals surface area contributed by atoms with Crippen LogP contribution in [0.15, 0.2) is 29.4 Å². The Labute approximate surface area is 147 Å². The van der Waals surface area contributed by atoms with Crippen molar-refractivity contribution < 1.29 is 9.90 Å². The second-order valence-corrected chi connectivity index (χ2v) is 8.43. The van der Waals surface area contributed by atoms with Gasteiger partial charge in [0.2, 0.25) is 0 Å². The summed E-state index contributed by atoms with van der Waals surface area (Å²) in [5.41, 5.74) is 0. The molecule has 4 nitrogen and oxygen atoms in total. The number of nitrogens with zero attached hydrogens (tertiary/aromatic N) is 2. The van der Waals surface area contributed by atoms with Gasteiger partial charge in [0.25, 0.3) is 0 Å². The highest BCUT2D eigenvalue weighted by molar-refractivity contribution is 8.76. The van der Waals surface area contributed by atoms with Crippen LogP contribution in [0.1, 0.15) is 47.0 Å². The third-order valence-corrected chi connectivity index (χ3v) is 6.61. The lowest BCUT2D eigenvalue weighted by Crippen LogP contribution is -2.40. The Morgan fingerprint density at radius 2 is 2.09 bits per heavy atom. The highest BCUT2D eigenvalue weighted by atomic mass is 33.1. The van der Waals surface area contributed by atoms with Crippen LogP contribution >= 0.6 is 21.6 Å². The van der Waals surface area contributed by atoms with E-state index in [-0.39, 0.29) is 6.42 Å². The van der Waals surface area contributed by atoms with E-state index >= 15 is 0 Å². The lowest BCUT2D eigenvalue weighted by Gasteiger charge is -2.33. The Balaban J connectivity index is 2.61. The molecule has 0 fully saturated rings. The summed E-state index contributed by atoms with van der Waals surface area (Å²) >= 11 is 0. The number of carbonyl (C=O) groups is 1. The van der Waals surface area contributed by atoms with Crippen LogP contribution in [0.25, 0.3) is 0 Å². The maximum absolute atomic E-state index is 10.9. The van der Waals surface area contributed by atoms with Crippen LogP contribution in [0.4, 0.5) is 0 Å². The van der Waals surface area contributed by atoms with Gasteiger partial charge in [0.15, 0.2) is 0 Å². The van der Waals surface area contributed by atoms with E-state index in [0.717, 1.165) is 18.0 Å². The summed E-state index contributed by atoms with van der Waals surface area (Å²) in [5, 5.41) is 10.3. The van der Waals surface area contributed by atoms with Gasteiger partial charge in [-0.2, -0.15) is 0 Å². The van der Waals surface area contributed by atoms with Gasteiger partial charge in [0.05, 0.1) is 0 Å². The van der Waals surface area contributed by atoms with Gasteiger partial charge in [-0.25, -0.2) is 4.98 Å². The Morgan fingerprint density at radius 1 is 1.35 bits per heavy atom. The molecule has 0 radical (unpaired) electrons. The van der Waals surface area contributed by atoms with E-state index < -0.39 is 5.97 Å². The number of aromatic nitrogens is 1. The summed E-state index contributed by atoms with van der Waals surface area (Å²) in [5.74, 6) is -0.720. The summed E-state index contributed by atoms with van der Waals surface area (Å²) in [6.07, 6.45) is 3.69. The number of aliphatic carboxylic acids is 1. The molecular weight excluding hydrogens is 328 g/mol. The molecule has 0 amide bonds. The Bertz CT molecular complexity index is 457. The summed E-state index contributed by atoms with van der Waals surface area (Å²) in [7, 11) is 3.39. The van der Waals surface area contributed by atoms with Crippen LogP contribution in [-0.2, 0) is 4.79 Å². The van der Waals surface area contributed by atoms with E-state index in [0.29, 0.717) is 23.8 Å². The minimum absolute atomic E-state index is 0.223. The van der Waals surface area contributed by atoms with Gasteiger partial charge in [-0.3, -0.25) is 9.69 Å². The normalized spacial score (nSPS) is 14.2. The van der Waals surface area contributed by atoms with Crippen molar-refractivity contribution >= 4 is 27.6 Å². The van der Waals surface area contributed by atoms with Crippen LogP contribution in [0.5, 0.6) is 0 Å². The van der Waals surface area contributed by atoms with E-state index in [1.807, 2.05) is 18.2 Å². The second-order valence-electron chi connectivity index (χ2n) is 5.91. The topological polar surface area (TPSA) is 53.4 Å². The third-order valence-electron chi connectivity index (χ3n) is 3.79. The zero-order valence-electron chi connectivity index (χ0n) is 14.4. The molecule has 6 heteroatoms. The van der Waals surface area contributed by atoms with E-state index in [9.17, 15) is 4.79 Å². The van der Waals surface area contributed by atoms with Gasteiger partial charge in [0.1, 0.15) is 5.03 Å². The van der Waals surface area contributed by atoms with Crippen molar-refractivity contribution in [3.8, 4) is 0 Å². The maximum atomic E-state index is 10.9. The van der Waals surface area contributed by atoms with Gasteiger partial charge in [-0.05, 0) is 63.1 Å². The quantitative estimate of drug-likeness (QED) is 0.586. The number of hydrogen-bond acceptors (Lipinski definition) is 5. The van der Waals surface area contributed by atoms with Crippen molar-refractivity contribution in [1.29, 1.82) is 0 Å². The van der Waals surface area contributed by atoms with Gasteiger partial charge >= 0.3 is 5.97 Å². The van der Waals surface area contributed by atoms with Crippen molar-refractivity contribution in [3.63, 3.8) is 0 Å². The average Bonchev–Trinajstić information content (AvgIpc) is 2.51. The molecule has 0 aromatic carbocycles. The molecule has 1 heterocycles. The molecule has 0 spiro atoms. The molecule has 0 bridgehead atoms. The van der Waals surface area contributed by atoms with E-state index in [4.69, 9.17) is 5.11 Å². The fraction of sp³-hybridized carbons (Fsp3) is 0.647. The number of rotatable bonds is 11. The Hall–Kier alpha value is -0.720. The molecule has 1 N–H and O–H groups in total. The number of hydrogen-bond donors (Lipinski definition) is 1. The smallest absolute Gasteiger partial charge is 0.303 e. The lowest BCUT2D eigenvalue weighted by molar-refractivity contribution is -0.137. The van der Waals surface area contributed by atoms with Crippen molar-refractivity contribution in [2.24, 2.45) is 0 Å². The van der Waals surface area contributed by atoms with Gasteiger partial charge < -0.3 is 5.11 Å². The summed E-state index contributed by atoms with van der Waals surface area (Å²) in [6, 6.07) is 6.81. The fourth-order valence-corrected chi connectivity index (χ4v) is 5.27. The van der Waals surface area contributed by atoms with E-state index in [1.54, 1.807) is 27.8 Å². The number of carboxylic acids is 1. The summed E-state index contributed by atoms with van der Waals surface area (Å²) in [4.78, 5) is 17.7. The molecule has 0 saturated carbocycles. The molecule has 1 aromatic rings. The average molecular weight is 357 g/mol. The van der Waals surface area contributed by atoms with Crippen molar-refractivity contribution in [1.82, 2.24) is 9.88 Å². The Morgan fingerprint density at radius 3 is 2.61 bits per heavy atom. The minimum atomic E-state index is -0.720. The van der Waals surface area contributed by atoms with Crippen LogP contribution in [0, 0.1) is 0 Å². The van der Waals surface area contributed by atoms with Crippen LogP contribution in [0.2, 0.25) is 0 Å². The standard InChI is InChI=1S/C17H28N2O2S2/c1-5-19(13(2)3)14(4)12-15(9-10-17(20)21)22-23-16-8-6-7-11-18-16/h6-8,11,13-15H,5,9-10,12H2,1-4H3,(H,20,21). The van der Waals surface area contributed by atoms with Gasteiger partial charge in [-0.15, -0.1) is 0 Å². The first kappa shape index (κ1) is 20.3. The van der Waals surface area contributed by atoms with Crippen LogP contribution < -0.4 is 0 Å². The second kappa shape index (κ2) is 10.9. The molecule has 0 aliphatic heterocycles. The monoisotopic (exact) mass is 356 g/mol. The molecule has 2 unspecified atom stereocenters. The highest BCUT2D eigenvalue weighted by Crippen LogP contribution is 2.37. The van der Waals surface area contributed by atoms with Gasteiger partial charge in [-0.1, -0.05) is 23.8 Å². The minimum Gasteiger partial charge on any atom is -0.481 e. The molecular formula is C17H28N2O2S2. The predicted octanol–water partition coefficient (Wildman–Crippen LogP) is 4.56. The highest BCUT2D eigenvalue weighted by Gasteiger charge is 2.21. The zero-order valence-corrected chi connectivity index (χ0v) is 16.1. The van der Waals surface area contributed by atoms with Crippen LogP contribution in [0.3, 0.4) is 0 Å².